The second-order valence-electron chi connectivity index (χ2n) is 6.81. The molecule has 1 N–H and O–H groups in total. The normalized spacial score (nSPS) is 13.1. The van der Waals surface area contributed by atoms with Gasteiger partial charge in [0.1, 0.15) is 5.82 Å². The molecule has 0 aliphatic carbocycles. The van der Waals surface area contributed by atoms with Crippen LogP contribution in [0.4, 0.5) is 4.39 Å². The summed E-state index contributed by atoms with van der Waals surface area (Å²) in [6, 6.07) is 16.4. The number of benzene rings is 2. The van der Waals surface area contributed by atoms with Crippen LogP contribution in [-0.4, -0.2) is 10.9 Å². The summed E-state index contributed by atoms with van der Waals surface area (Å²) in [7, 11) is 0. The predicted molar refractivity (Wildman–Crippen MR) is 107 cm³/mol. The molecule has 0 spiro atoms. The Hall–Kier alpha value is -2.53. The lowest BCUT2D eigenvalue weighted by Crippen LogP contribution is -2.43. The van der Waals surface area contributed by atoms with Gasteiger partial charge >= 0.3 is 0 Å². The van der Waals surface area contributed by atoms with E-state index < -0.39 is 5.54 Å². The molecule has 0 saturated heterocycles. The molecule has 0 bridgehead atoms. The summed E-state index contributed by atoms with van der Waals surface area (Å²) in [5.41, 5.74) is 2.47. The largest absolute Gasteiger partial charge is 0.347 e. The minimum absolute atomic E-state index is 0.0400. The maximum Gasteiger partial charge on any atom is 0.226 e. The van der Waals surface area contributed by atoms with Crippen molar-refractivity contribution in [1.82, 2.24) is 10.3 Å². The monoisotopic (exact) mass is 382 g/mol. The van der Waals surface area contributed by atoms with Crippen molar-refractivity contribution in [3.05, 3.63) is 87.6 Å². The Morgan fingerprint density at radius 2 is 1.85 bits per heavy atom. The fraction of sp³-hybridized carbons (Fsp3) is 0.273. The van der Waals surface area contributed by atoms with Crippen molar-refractivity contribution in [3.63, 3.8) is 0 Å². The summed E-state index contributed by atoms with van der Waals surface area (Å²) in [6.07, 6.45) is 1.70. The molecule has 1 aromatic heterocycles. The number of aromatic nitrogens is 1. The molecular weight excluding hydrogens is 359 g/mol. The molecule has 27 heavy (non-hydrogen) atoms. The van der Waals surface area contributed by atoms with E-state index in [9.17, 15) is 9.18 Å². The molecule has 1 heterocycles. The fourth-order valence-corrected chi connectivity index (χ4v) is 3.80. The lowest BCUT2D eigenvalue weighted by Gasteiger charge is -2.30. The molecule has 140 valence electrons. The lowest BCUT2D eigenvalue weighted by molar-refractivity contribution is -0.122. The van der Waals surface area contributed by atoms with Crippen LogP contribution in [0.15, 0.2) is 60.0 Å². The second kappa shape index (κ2) is 8.44. The molecule has 0 aliphatic rings. The van der Waals surface area contributed by atoms with Crippen LogP contribution in [0.25, 0.3) is 0 Å². The van der Waals surface area contributed by atoms with E-state index in [1.807, 2.05) is 42.6 Å². The van der Waals surface area contributed by atoms with Crippen molar-refractivity contribution in [1.29, 1.82) is 0 Å². The predicted octanol–water partition coefficient (Wildman–Crippen LogP) is 4.86. The topological polar surface area (TPSA) is 42.0 Å². The van der Waals surface area contributed by atoms with Crippen molar-refractivity contribution in [3.8, 4) is 0 Å². The van der Waals surface area contributed by atoms with Gasteiger partial charge in [-0.25, -0.2) is 9.37 Å². The van der Waals surface area contributed by atoms with Gasteiger partial charge in [0.25, 0.3) is 0 Å². The van der Waals surface area contributed by atoms with Crippen molar-refractivity contribution < 1.29 is 9.18 Å². The third-order valence-electron chi connectivity index (χ3n) is 4.74. The molecule has 3 rings (SSSR count). The first-order chi connectivity index (χ1) is 13.0. The van der Waals surface area contributed by atoms with Crippen molar-refractivity contribution in [2.75, 3.05) is 0 Å². The zero-order valence-electron chi connectivity index (χ0n) is 15.5. The van der Waals surface area contributed by atoms with Crippen molar-refractivity contribution >= 4 is 17.2 Å². The summed E-state index contributed by atoms with van der Waals surface area (Å²) >= 11 is 1.53. The molecule has 2 aromatic carbocycles. The molecule has 5 heteroatoms. The third kappa shape index (κ3) is 5.01. The number of hydrogen-bond acceptors (Lipinski definition) is 3. The number of hydrogen-bond donors (Lipinski definition) is 1. The van der Waals surface area contributed by atoms with E-state index in [0.29, 0.717) is 6.42 Å². The first-order valence-electron chi connectivity index (χ1n) is 9.03. The molecule has 1 atom stereocenters. The molecule has 3 nitrogen and oxygen atoms in total. The van der Waals surface area contributed by atoms with Gasteiger partial charge in [0.15, 0.2) is 0 Å². The standard InChI is InChI=1S/C22H23FN2OS/c1-3-22(2,17-7-5-4-6-8-17)25-20(26)14-19-15-27-21(24-19)13-16-9-11-18(23)12-10-16/h4-12,15H,3,13-14H2,1-2H3,(H,25,26). The minimum Gasteiger partial charge on any atom is -0.347 e. The van der Waals surface area contributed by atoms with Crippen LogP contribution in [-0.2, 0) is 23.2 Å². The maximum absolute atomic E-state index is 13.0. The number of rotatable bonds is 7. The van der Waals surface area contributed by atoms with E-state index in [0.717, 1.165) is 28.2 Å². The average molecular weight is 383 g/mol. The van der Waals surface area contributed by atoms with Crippen molar-refractivity contribution in [2.45, 2.75) is 38.6 Å². The van der Waals surface area contributed by atoms with Gasteiger partial charge in [0.2, 0.25) is 5.91 Å². The zero-order valence-corrected chi connectivity index (χ0v) is 16.4. The molecule has 0 fully saturated rings. The summed E-state index contributed by atoms with van der Waals surface area (Å²) in [4.78, 5) is 17.1. The molecular formula is C22H23FN2OS. The van der Waals surface area contributed by atoms with E-state index in [1.54, 1.807) is 12.1 Å². The smallest absolute Gasteiger partial charge is 0.226 e. The van der Waals surface area contributed by atoms with E-state index in [4.69, 9.17) is 0 Å². The zero-order chi connectivity index (χ0) is 19.3. The highest BCUT2D eigenvalue weighted by atomic mass is 32.1. The Labute approximate surface area is 163 Å². The van der Waals surface area contributed by atoms with E-state index >= 15 is 0 Å². The van der Waals surface area contributed by atoms with Gasteiger partial charge in [-0.1, -0.05) is 49.4 Å². The number of carbonyl (C=O) groups excluding carboxylic acids is 1. The maximum atomic E-state index is 13.0. The Bertz CT molecular complexity index is 892. The molecule has 1 amide bonds. The highest BCUT2D eigenvalue weighted by Crippen LogP contribution is 2.24. The Balaban J connectivity index is 1.62. The van der Waals surface area contributed by atoms with Gasteiger partial charge in [-0.05, 0) is 36.6 Å². The Morgan fingerprint density at radius 3 is 2.52 bits per heavy atom. The second-order valence-corrected chi connectivity index (χ2v) is 7.76. The van der Waals surface area contributed by atoms with Crippen LogP contribution in [0.2, 0.25) is 0 Å². The molecule has 0 saturated carbocycles. The Morgan fingerprint density at radius 1 is 1.15 bits per heavy atom. The Kier molecular flexibility index (Phi) is 6.01. The van der Waals surface area contributed by atoms with Crippen LogP contribution in [0.5, 0.6) is 0 Å². The summed E-state index contributed by atoms with van der Waals surface area (Å²) in [5, 5.41) is 6.00. The minimum atomic E-state index is -0.398. The first-order valence-corrected chi connectivity index (χ1v) is 9.91. The van der Waals surface area contributed by atoms with Crippen LogP contribution >= 0.6 is 11.3 Å². The van der Waals surface area contributed by atoms with Crippen LogP contribution in [0.3, 0.4) is 0 Å². The highest BCUT2D eigenvalue weighted by molar-refractivity contribution is 7.09. The average Bonchev–Trinajstić information content (AvgIpc) is 3.10. The quantitative estimate of drug-likeness (QED) is 0.634. The number of nitrogens with zero attached hydrogens (tertiary/aromatic N) is 1. The number of thiazole rings is 1. The van der Waals surface area contributed by atoms with Crippen LogP contribution < -0.4 is 5.32 Å². The van der Waals surface area contributed by atoms with Gasteiger partial charge in [-0.15, -0.1) is 11.3 Å². The van der Waals surface area contributed by atoms with E-state index in [1.165, 1.54) is 23.5 Å². The van der Waals surface area contributed by atoms with E-state index in [-0.39, 0.29) is 18.1 Å². The van der Waals surface area contributed by atoms with Crippen molar-refractivity contribution in [2.24, 2.45) is 0 Å². The number of amides is 1. The van der Waals surface area contributed by atoms with Gasteiger partial charge in [0, 0.05) is 11.8 Å². The van der Waals surface area contributed by atoms with Gasteiger partial charge in [-0.3, -0.25) is 4.79 Å². The first kappa shape index (κ1) is 19.2. The number of nitrogens with one attached hydrogen (secondary N) is 1. The van der Waals surface area contributed by atoms with Crippen LogP contribution in [0, 0.1) is 5.82 Å². The lowest BCUT2D eigenvalue weighted by atomic mass is 9.89. The fourth-order valence-electron chi connectivity index (χ4n) is 2.98. The summed E-state index contributed by atoms with van der Waals surface area (Å²) in [6.45, 7) is 4.11. The van der Waals surface area contributed by atoms with Gasteiger partial charge in [0.05, 0.1) is 22.7 Å². The van der Waals surface area contributed by atoms with Crippen LogP contribution in [0.1, 0.15) is 42.1 Å². The summed E-state index contributed by atoms with van der Waals surface area (Å²) < 4.78 is 13.0. The number of halogens is 1. The third-order valence-corrected chi connectivity index (χ3v) is 5.64. The van der Waals surface area contributed by atoms with Gasteiger partial charge < -0.3 is 5.32 Å². The van der Waals surface area contributed by atoms with Gasteiger partial charge in [-0.2, -0.15) is 0 Å². The molecule has 0 aliphatic heterocycles. The van der Waals surface area contributed by atoms with E-state index in [2.05, 4.69) is 17.2 Å². The molecule has 1 unspecified atom stereocenters. The molecule has 0 radical (unpaired) electrons. The molecule has 3 aromatic rings. The summed E-state index contributed by atoms with van der Waals surface area (Å²) in [5.74, 6) is -0.283. The number of carbonyl (C=O) groups is 1. The highest BCUT2D eigenvalue weighted by Gasteiger charge is 2.26. The SMILES string of the molecule is CCC(C)(NC(=O)Cc1csc(Cc2ccc(F)cc2)n1)c1ccccc1.